The van der Waals surface area contributed by atoms with Crippen LogP contribution in [0, 0.1) is 6.92 Å². The van der Waals surface area contributed by atoms with E-state index in [9.17, 15) is 23.1 Å². The number of carboxylic acids is 1. The third-order valence-electron chi connectivity index (χ3n) is 3.45. The molecule has 0 spiro atoms. The standard InChI is InChI=1S/C13H14F3NO2/c1-8-2-3-9-4-5-12(11(18)19,10(9)6-8)17-7-13(14,15)16/h2-3,6,17H,4-5,7H2,1H3,(H,18,19). The third kappa shape index (κ3) is 2.58. The van der Waals surface area contributed by atoms with Crippen molar-refractivity contribution < 1.29 is 23.1 Å². The molecule has 2 rings (SSSR count). The van der Waals surface area contributed by atoms with Crippen molar-refractivity contribution in [1.29, 1.82) is 0 Å². The van der Waals surface area contributed by atoms with Crippen LogP contribution in [-0.2, 0) is 16.8 Å². The van der Waals surface area contributed by atoms with Crippen LogP contribution in [0.25, 0.3) is 0 Å². The Morgan fingerprint density at radius 1 is 1.47 bits per heavy atom. The maximum absolute atomic E-state index is 12.3. The van der Waals surface area contributed by atoms with Gasteiger partial charge in [0, 0.05) is 0 Å². The van der Waals surface area contributed by atoms with E-state index in [0.29, 0.717) is 12.0 Å². The quantitative estimate of drug-likeness (QED) is 0.889. The summed E-state index contributed by atoms with van der Waals surface area (Å²) >= 11 is 0. The fourth-order valence-electron chi connectivity index (χ4n) is 2.49. The molecule has 0 heterocycles. The molecular formula is C13H14F3NO2. The van der Waals surface area contributed by atoms with E-state index in [1.807, 2.05) is 6.07 Å². The molecular weight excluding hydrogens is 259 g/mol. The average Bonchev–Trinajstić information content (AvgIpc) is 2.65. The monoisotopic (exact) mass is 273 g/mol. The number of alkyl halides is 3. The lowest BCUT2D eigenvalue weighted by molar-refractivity contribution is -0.150. The highest BCUT2D eigenvalue weighted by Crippen LogP contribution is 2.38. The number of aliphatic carboxylic acids is 1. The smallest absolute Gasteiger partial charge is 0.401 e. The molecule has 0 saturated heterocycles. The minimum atomic E-state index is -4.44. The molecule has 2 N–H and O–H groups in total. The second-order valence-corrected chi connectivity index (χ2v) is 4.84. The molecule has 104 valence electrons. The van der Waals surface area contributed by atoms with Gasteiger partial charge < -0.3 is 5.11 Å². The van der Waals surface area contributed by atoms with Crippen molar-refractivity contribution in [3.8, 4) is 0 Å². The molecule has 1 aromatic rings. The van der Waals surface area contributed by atoms with Crippen LogP contribution in [0.3, 0.4) is 0 Å². The van der Waals surface area contributed by atoms with Crippen LogP contribution in [0.5, 0.6) is 0 Å². The molecule has 0 saturated carbocycles. The number of hydrogen-bond acceptors (Lipinski definition) is 2. The van der Waals surface area contributed by atoms with Crippen molar-refractivity contribution in [2.75, 3.05) is 6.54 Å². The zero-order chi connectivity index (χ0) is 14.3. The lowest BCUT2D eigenvalue weighted by atomic mass is 9.90. The van der Waals surface area contributed by atoms with Gasteiger partial charge >= 0.3 is 12.1 Å². The van der Waals surface area contributed by atoms with Gasteiger partial charge in [-0.2, -0.15) is 13.2 Å². The van der Waals surface area contributed by atoms with Gasteiger partial charge in [0.05, 0.1) is 6.54 Å². The van der Waals surface area contributed by atoms with Crippen LogP contribution >= 0.6 is 0 Å². The fraction of sp³-hybridized carbons (Fsp3) is 0.462. The summed E-state index contributed by atoms with van der Waals surface area (Å²) in [7, 11) is 0. The molecule has 1 unspecified atom stereocenters. The van der Waals surface area contributed by atoms with Crippen molar-refractivity contribution in [2.45, 2.75) is 31.5 Å². The average molecular weight is 273 g/mol. The Balaban J connectivity index is 2.39. The third-order valence-corrected chi connectivity index (χ3v) is 3.45. The summed E-state index contributed by atoms with van der Waals surface area (Å²) in [6.45, 7) is 0.474. The molecule has 1 aliphatic rings. The second kappa shape index (κ2) is 4.52. The van der Waals surface area contributed by atoms with Crippen LogP contribution in [0.2, 0.25) is 0 Å². The summed E-state index contributed by atoms with van der Waals surface area (Å²) in [4.78, 5) is 11.5. The van der Waals surface area contributed by atoms with E-state index in [1.165, 1.54) is 0 Å². The number of aryl methyl sites for hydroxylation is 2. The van der Waals surface area contributed by atoms with E-state index in [0.717, 1.165) is 11.1 Å². The van der Waals surface area contributed by atoms with E-state index >= 15 is 0 Å². The van der Waals surface area contributed by atoms with Gasteiger partial charge in [-0.15, -0.1) is 0 Å². The number of rotatable bonds is 3. The van der Waals surface area contributed by atoms with E-state index in [-0.39, 0.29) is 6.42 Å². The number of hydrogen-bond donors (Lipinski definition) is 2. The molecule has 19 heavy (non-hydrogen) atoms. The Bertz CT molecular complexity index is 513. The Kier molecular flexibility index (Phi) is 3.30. The van der Waals surface area contributed by atoms with Crippen LogP contribution in [0.15, 0.2) is 18.2 Å². The highest BCUT2D eigenvalue weighted by molar-refractivity contribution is 5.82. The first kappa shape index (κ1) is 13.9. The predicted octanol–water partition coefficient (Wildman–Crippen LogP) is 2.37. The van der Waals surface area contributed by atoms with Gasteiger partial charge in [0.2, 0.25) is 0 Å². The van der Waals surface area contributed by atoms with E-state index in [4.69, 9.17) is 0 Å². The van der Waals surface area contributed by atoms with Gasteiger partial charge in [-0.3, -0.25) is 5.32 Å². The van der Waals surface area contributed by atoms with Gasteiger partial charge in [-0.1, -0.05) is 23.8 Å². The maximum atomic E-state index is 12.3. The van der Waals surface area contributed by atoms with Gasteiger partial charge in [0.15, 0.2) is 0 Å². The molecule has 1 aliphatic carbocycles. The Morgan fingerprint density at radius 3 is 2.74 bits per heavy atom. The molecule has 0 amide bonds. The van der Waals surface area contributed by atoms with E-state index < -0.39 is 24.2 Å². The maximum Gasteiger partial charge on any atom is 0.401 e. The van der Waals surface area contributed by atoms with Crippen molar-refractivity contribution in [2.24, 2.45) is 0 Å². The molecule has 6 heteroatoms. The number of benzene rings is 1. The van der Waals surface area contributed by atoms with E-state index in [2.05, 4.69) is 5.32 Å². The highest BCUT2D eigenvalue weighted by Gasteiger charge is 2.47. The Hall–Kier alpha value is -1.56. The normalized spacial score (nSPS) is 22.3. The minimum Gasteiger partial charge on any atom is -0.480 e. The predicted molar refractivity (Wildman–Crippen MR) is 62.9 cm³/mol. The summed E-state index contributed by atoms with van der Waals surface area (Å²) < 4.78 is 37.0. The number of carbonyl (C=O) groups is 1. The molecule has 0 bridgehead atoms. The summed E-state index contributed by atoms with van der Waals surface area (Å²) in [5.74, 6) is -1.26. The van der Waals surface area contributed by atoms with Crippen LogP contribution in [0.1, 0.15) is 23.1 Å². The molecule has 1 aromatic carbocycles. The largest absolute Gasteiger partial charge is 0.480 e. The first-order chi connectivity index (χ1) is 8.74. The summed E-state index contributed by atoms with van der Waals surface area (Å²) in [5, 5.41) is 11.6. The lowest BCUT2D eigenvalue weighted by Gasteiger charge is -2.28. The molecule has 0 radical (unpaired) electrons. The Morgan fingerprint density at radius 2 is 2.16 bits per heavy atom. The fourth-order valence-corrected chi connectivity index (χ4v) is 2.49. The first-order valence-corrected chi connectivity index (χ1v) is 5.90. The minimum absolute atomic E-state index is 0.136. The molecule has 0 aromatic heterocycles. The van der Waals surface area contributed by atoms with Crippen LogP contribution in [-0.4, -0.2) is 23.8 Å². The van der Waals surface area contributed by atoms with Crippen molar-refractivity contribution >= 4 is 5.97 Å². The first-order valence-electron chi connectivity index (χ1n) is 5.90. The highest BCUT2D eigenvalue weighted by atomic mass is 19.4. The summed E-state index contributed by atoms with van der Waals surface area (Å²) in [6.07, 6.45) is -3.83. The second-order valence-electron chi connectivity index (χ2n) is 4.84. The van der Waals surface area contributed by atoms with Crippen molar-refractivity contribution in [1.82, 2.24) is 5.32 Å². The number of fused-ring (bicyclic) bond motifs is 1. The molecule has 0 fully saturated rings. The van der Waals surface area contributed by atoms with Crippen LogP contribution < -0.4 is 5.32 Å². The SMILES string of the molecule is Cc1ccc2c(c1)C(NCC(F)(F)F)(C(=O)O)CC2. The zero-order valence-corrected chi connectivity index (χ0v) is 10.3. The molecule has 1 atom stereocenters. The van der Waals surface area contributed by atoms with Gasteiger partial charge in [0.25, 0.3) is 0 Å². The molecule has 0 aliphatic heterocycles. The van der Waals surface area contributed by atoms with Crippen molar-refractivity contribution in [3.05, 3.63) is 34.9 Å². The molecule has 3 nitrogen and oxygen atoms in total. The van der Waals surface area contributed by atoms with Gasteiger partial charge in [0.1, 0.15) is 5.54 Å². The van der Waals surface area contributed by atoms with Gasteiger partial charge in [-0.25, -0.2) is 4.79 Å². The summed E-state index contributed by atoms with van der Waals surface area (Å²) in [5.41, 5.74) is 0.448. The van der Waals surface area contributed by atoms with Gasteiger partial charge in [-0.05, 0) is 30.9 Å². The topological polar surface area (TPSA) is 49.3 Å². The van der Waals surface area contributed by atoms with Crippen LogP contribution in [0.4, 0.5) is 13.2 Å². The number of halogens is 3. The number of nitrogens with one attached hydrogen (secondary N) is 1. The Labute approximate surface area is 108 Å². The zero-order valence-electron chi connectivity index (χ0n) is 10.3. The van der Waals surface area contributed by atoms with E-state index in [1.54, 1.807) is 19.1 Å². The van der Waals surface area contributed by atoms with Crippen molar-refractivity contribution in [3.63, 3.8) is 0 Å². The summed E-state index contributed by atoms with van der Waals surface area (Å²) in [6, 6.07) is 5.27. The lowest BCUT2D eigenvalue weighted by Crippen LogP contribution is -2.50. The number of carboxylic acid groups (broad SMARTS) is 1.